The predicted octanol–water partition coefficient (Wildman–Crippen LogP) is 2.54. The van der Waals surface area contributed by atoms with Crippen molar-refractivity contribution in [3.8, 4) is 0 Å². The predicted molar refractivity (Wildman–Crippen MR) is 64.0 cm³/mol. The fourth-order valence-corrected chi connectivity index (χ4v) is 2.12. The Labute approximate surface area is 109 Å². The first-order valence-electron chi connectivity index (χ1n) is 6.00. The van der Waals surface area contributed by atoms with Crippen LogP contribution in [0.1, 0.15) is 12.0 Å². The molecule has 3 nitrogen and oxygen atoms in total. The minimum absolute atomic E-state index is 0.434. The molecule has 6 heteroatoms. The number of amides is 1. The average Bonchev–Trinajstić information content (AvgIpc) is 2.36. The highest BCUT2D eigenvalue weighted by Gasteiger charge is 2.29. The molecule has 19 heavy (non-hydrogen) atoms. The molecular weight excluding hydrogens is 259 g/mol. The van der Waals surface area contributed by atoms with Crippen LogP contribution in [0.25, 0.3) is 0 Å². The van der Waals surface area contributed by atoms with Crippen molar-refractivity contribution < 1.29 is 22.7 Å². The number of benzene rings is 1. The zero-order valence-corrected chi connectivity index (χ0v) is 10.2. The molecule has 0 saturated carbocycles. The van der Waals surface area contributed by atoms with Crippen molar-refractivity contribution in [2.24, 2.45) is 0 Å². The lowest BCUT2D eigenvalue weighted by Crippen LogP contribution is -2.38. The minimum Gasteiger partial charge on any atom is -0.362 e. The first-order chi connectivity index (χ1) is 8.97. The summed E-state index contributed by atoms with van der Waals surface area (Å²) in [5, 5.41) is 0. The maximum Gasteiger partial charge on any atom is 0.411 e. The summed E-state index contributed by atoms with van der Waals surface area (Å²) in [4.78, 5) is 13.4. The van der Waals surface area contributed by atoms with Gasteiger partial charge < -0.3 is 9.64 Å². The highest BCUT2D eigenvalue weighted by atomic mass is 19.4. The Hall–Kier alpha value is -1.56. The molecule has 1 aliphatic rings. The van der Waals surface area contributed by atoms with E-state index in [0.29, 0.717) is 6.54 Å². The SMILES string of the molecule is O=C(COCC(F)(F)F)N1CCCc2ccccc21. The van der Waals surface area contributed by atoms with Crippen LogP contribution in [0.2, 0.25) is 0 Å². The first-order valence-corrected chi connectivity index (χ1v) is 6.00. The van der Waals surface area contributed by atoms with E-state index in [1.54, 1.807) is 12.1 Å². The molecule has 0 aromatic heterocycles. The summed E-state index contributed by atoms with van der Waals surface area (Å²) in [6.07, 6.45) is -2.72. The monoisotopic (exact) mass is 273 g/mol. The number of hydrogen-bond acceptors (Lipinski definition) is 2. The molecule has 0 N–H and O–H groups in total. The van der Waals surface area contributed by atoms with Gasteiger partial charge in [-0.1, -0.05) is 18.2 Å². The Bertz CT molecular complexity index is 459. The molecule has 0 atom stereocenters. The molecule has 104 valence electrons. The summed E-state index contributed by atoms with van der Waals surface area (Å²) in [5.74, 6) is -0.434. The lowest BCUT2D eigenvalue weighted by molar-refractivity contribution is -0.175. The largest absolute Gasteiger partial charge is 0.411 e. The third-order valence-electron chi connectivity index (χ3n) is 2.90. The zero-order chi connectivity index (χ0) is 13.9. The molecule has 0 unspecified atom stereocenters. The molecule has 0 spiro atoms. The average molecular weight is 273 g/mol. The van der Waals surface area contributed by atoms with Gasteiger partial charge in [0.2, 0.25) is 0 Å². The number of rotatable bonds is 3. The van der Waals surface area contributed by atoms with Gasteiger partial charge in [-0.05, 0) is 24.5 Å². The lowest BCUT2D eigenvalue weighted by atomic mass is 10.0. The fraction of sp³-hybridized carbons (Fsp3) is 0.462. The standard InChI is InChI=1S/C13H14F3NO2/c14-13(15,16)9-19-8-12(18)17-7-3-5-10-4-1-2-6-11(10)17/h1-2,4,6H,3,5,7-9H2. The van der Waals surface area contributed by atoms with Crippen molar-refractivity contribution in [3.63, 3.8) is 0 Å². The summed E-state index contributed by atoms with van der Waals surface area (Å²) in [6.45, 7) is -1.42. The number of carbonyl (C=O) groups is 1. The number of alkyl halides is 3. The maximum atomic E-state index is 11.9. The second-order valence-electron chi connectivity index (χ2n) is 4.39. The molecule has 1 aliphatic heterocycles. The Morgan fingerprint density at radius 1 is 1.32 bits per heavy atom. The van der Waals surface area contributed by atoms with Gasteiger partial charge in [0.05, 0.1) is 0 Å². The van der Waals surface area contributed by atoms with Crippen LogP contribution in [0.15, 0.2) is 24.3 Å². The van der Waals surface area contributed by atoms with Crippen LogP contribution >= 0.6 is 0 Å². The van der Waals surface area contributed by atoms with Gasteiger partial charge in [0.15, 0.2) is 0 Å². The van der Waals surface area contributed by atoms with Crippen LogP contribution in [-0.4, -0.2) is 31.8 Å². The molecular formula is C13H14F3NO2. The van der Waals surface area contributed by atoms with Gasteiger partial charge in [-0.2, -0.15) is 13.2 Å². The molecule has 0 aliphatic carbocycles. The highest BCUT2D eigenvalue weighted by Crippen LogP contribution is 2.26. The Morgan fingerprint density at radius 3 is 2.79 bits per heavy atom. The van der Waals surface area contributed by atoms with Gasteiger partial charge in [-0.3, -0.25) is 4.79 Å². The summed E-state index contributed by atoms with van der Waals surface area (Å²) in [5.41, 5.74) is 1.81. The van der Waals surface area contributed by atoms with Crippen LogP contribution < -0.4 is 4.90 Å². The molecule has 0 saturated heterocycles. The molecule has 0 fully saturated rings. The second kappa shape index (κ2) is 5.61. The second-order valence-corrected chi connectivity index (χ2v) is 4.39. The van der Waals surface area contributed by atoms with Crippen LogP contribution in [0.5, 0.6) is 0 Å². The van der Waals surface area contributed by atoms with E-state index in [2.05, 4.69) is 4.74 Å². The zero-order valence-electron chi connectivity index (χ0n) is 10.2. The third-order valence-corrected chi connectivity index (χ3v) is 2.90. The lowest BCUT2D eigenvalue weighted by Gasteiger charge is -2.29. The highest BCUT2D eigenvalue weighted by molar-refractivity contribution is 5.95. The summed E-state index contributed by atoms with van der Waals surface area (Å²) in [6, 6.07) is 7.41. The summed E-state index contributed by atoms with van der Waals surface area (Å²) >= 11 is 0. The molecule has 2 rings (SSSR count). The molecule has 0 bridgehead atoms. The van der Waals surface area contributed by atoms with Crippen LogP contribution in [0.4, 0.5) is 18.9 Å². The number of ether oxygens (including phenoxy) is 1. The number of fused-ring (bicyclic) bond motifs is 1. The minimum atomic E-state index is -4.40. The third kappa shape index (κ3) is 3.70. The van der Waals surface area contributed by atoms with E-state index in [4.69, 9.17) is 0 Å². The molecule has 1 heterocycles. The quantitative estimate of drug-likeness (QED) is 0.847. The van der Waals surface area contributed by atoms with Crippen LogP contribution in [-0.2, 0) is 16.0 Å². The number of aryl methyl sites for hydroxylation is 1. The van der Waals surface area contributed by atoms with Crippen molar-refractivity contribution in [2.45, 2.75) is 19.0 Å². The van der Waals surface area contributed by atoms with Crippen molar-refractivity contribution in [3.05, 3.63) is 29.8 Å². The molecule has 1 aromatic carbocycles. The van der Waals surface area contributed by atoms with Gasteiger partial charge in [0, 0.05) is 12.2 Å². The van der Waals surface area contributed by atoms with E-state index < -0.39 is 25.3 Å². The molecule has 0 radical (unpaired) electrons. The van der Waals surface area contributed by atoms with Gasteiger partial charge >= 0.3 is 6.18 Å². The van der Waals surface area contributed by atoms with Gasteiger partial charge in [0.25, 0.3) is 5.91 Å². The fourth-order valence-electron chi connectivity index (χ4n) is 2.12. The van der Waals surface area contributed by atoms with E-state index in [9.17, 15) is 18.0 Å². The number of halogens is 3. The number of hydrogen-bond donors (Lipinski definition) is 0. The normalized spacial score (nSPS) is 15.2. The molecule has 1 amide bonds. The van der Waals surface area contributed by atoms with Gasteiger partial charge in [-0.25, -0.2) is 0 Å². The Balaban J connectivity index is 1.97. The van der Waals surface area contributed by atoms with Crippen molar-refractivity contribution in [1.82, 2.24) is 0 Å². The number of nitrogens with zero attached hydrogens (tertiary/aromatic N) is 1. The Morgan fingerprint density at radius 2 is 2.05 bits per heavy atom. The van der Waals surface area contributed by atoms with Crippen LogP contribution in [0, 0.1) is 0 Å². The van der Waals surface area contributed by atoms with E-state index in [1.165, 1.54) is 4.90 Å². The Kier molecular flexibility index (Phi) is 4.09. The number of carbonyl (C=O) groups excluding carboxylic acids is 1. The smallest absolute Gasteiger partial charge is 0.362 e. The summed E-state index contributed by atoms with van der Waals surface area (Å²) in [7, 11) is 0. The van der Waals surface area contributed by atoms with Gasteiger partial charge in [0.1, 0.15) is 13.2 Å². The number of anilines is 1. The van der Waals surface area contributed by atoms with E-state index in [0.717, 1.165) is 24.1 Å². The molecule has 1 aromatic rings. The number of para-hydroxylation sites is 1. The summed E-state index contributed by atoms with van der Waals surface area (Å²) < 4.78 is 40.2. The van der Waals surface area contributed by atoms with E-state index in [1.807, 2.05) is 12.1 Å². The van der Waals surface area contributed by atoms with Gasteiger partial charge in [-0.15, -0.1) is 0 Å². The van der Waals surface area contributed by atoms with Crippen molar-refractivity contribution >= 4 is 11.6 Å². The van der Waals surface area contributed by atoms with E-state index in [-0.39, 0.29) is 0 Å². The topological polar surface area (TPSA) is 29.5 Å². The van der Waals surface area contributed by atoms with E-state index >= 15 is 0 Å². The maximum absolute atomic E-state index is 11.9. The van der Waals surface area contributed by atoms with Crippen molar-refractivity contribution in [1.29, 1.82) is 0 Å². The first kappa shape index (κ1) is 13.9. The van der Waals surface area contributed by atoms with Crippen LogP contribution in [0.3, 0.4) is 0 Å². The van der Waals surface area contributed by atoms with Crippen molar-refractivity contribution in [2.75, 3.05) is 24.7 Å².